The Labute approximate surface area is 109 Å². The summed E-state index contributed by atoms with van der Waals surface area (Å²) in [6.45, 7) is 0.0121. The van der Waals surface area contributed by atoms with Gasteiger partial charge in [0.25, 0.3) is 11.9 Å². The summed E-state index contributed by atoms with van der Waals surface area (Å²) in [5.41, 5.74) is 0. The molecule has 0 aliphatic rings. The molecule has 0 spiro atoms. The van der Waals surface area contributed by atoms with Gasteiger partial charge in [-0.25, -0.2) is 0 Å². The van der Waals surface area contributed by atoms with Crippen LogP contribution in [0.4, 0.5) is 0 Å². The molecule has 7 heteroatoms. The van der Waals surface area contributed by atoms with Crippen LogP contribution < -0.4 is 0 Å². The zero-order valence-electron chi connectivity index (χ0n) is 9.97. The van der Waals surface area contributed by atoms with E-state index in [1.165, 1.54) is 24.3 Å². The number of phenols is 2. The minimum absolute atomic E-state index is 0.00606. The molecule has 1 aromatic rings. The summed E-state index contributed by atoms with van der Waals surface area (Å²) in [6.07, 6.45) is 2.06. The molecule has 0 atom stereocenters. The molecule has 0 unspecified atom stereocenters. The quantitative estimate of drug-likeness (QED) is 0.281. The van der Waals surface area contributed by atoms with E-state index in [4.69, 9.17) is 30.6 Å². The van der Waals surface area contributed by atoms with Crippen molar-refractivity contribution >= 4 is 0 Å². The van der Waals surface area contributed by atoms with Crippen molar-refractivity contribution in [1.29, 1.82) is 0 Å². The molecule has 106 valence electrons. The average molecular weight is 272 g/mol. The van der Waals surface area contributed by atoms with E-state index in [9.17, 15) is 0 Å². The Morgan fingerprint density at radius 3 is 1.37 bits per heavy atom. The highest BCUT2D eigenvalue weighted by molar-refractivity contribution is 5.28. The maximum absolute atomic E-state index is 8.65. The third-order valence-electron chi connectivity index (χ3n) is 1.62. The molecule has 0 bridgehead atoms. The second-order valence-electron chi connectivity index (χ2n) is 3.18. The Morgan fingerprint density at radius 1 is 0.789 bits per heavy atom. The van der Waals surface area contributed by atoms with Crippen molar-refractivity contribution in [1.82, 2.24) is 0 Å². The lowest BCUT2D eigenvalue weighted by Gasteiger charge is -1.94. The van der Waals surface area contributed by atoms with Gasteiger partial charge in [0.15, 0.2) is 0 Å². The van der Waals surface area contributed by atoms with Gasteiger partial charge in [0.05, 0.1) is 13.2 Å². The Kier molecular flexibility index (Phi) is 8.22. The van der Waals surface area contributed by atoms with Gasteiger partial charge in [-0.2, -0.15) is 0 Å². The zero-order chi connectivity index (χ0) is 14.7. The Bertz CT molecular complexity index is 362. The maximum Gasteiger partial charge on any atom is 0.272 e. The molecule has 0 saturated heterocycles. The van der Waals surface area contributed by atoms with Crippen molar-refractivity contribution in [2.75, 3.05) is 13.2 Å². The largest absolute Gasteiger partial charge is 0.508 e. The summed E-state index contributed by atoms with van der Waals surface area (Å²) in [7, 11) is 0. The molecule has 1 aromatic carbocycles. The predicted octanol–water partition coefficient (Wildman–Crippen LogP) is 2.02. The summed E-state index contributed by atoms with van der Waals surface area (Å²) >= 11 is 0. The summed E-state index contributed by atoms with van der Waals surface area (Å²) in [4.78, 5) is 0. The number of aliphatic hydroxyl groups excluding tert-OH is 2. The molecule has 0 radical (unpaired) electrons. The van der Waals surface area contributed by atoms with Crippen LogP contribution in [0.2, 0.25) is 0 Å². The van der Waals surface area contributed by atoms with E-state index >= 15 is 0 Å². The molecule has 7 nitrogen and oxygen atoms in total. The van der Waals surface area contributed by atoms with Crippen LogP contribution in [-0.2, 0) is 4.74 Å². The van der Waals surface area contributed by atoms with Crippen LogP contribution in [0.25, 0.3) is 0 Å². The SMILES string of the molecule is OC(O)=CCOCC=C(O)O.Oc1ccc(O)cc1. The molecule has 0 heterocycles. The molecule has 0 saturated carbocycles. The Morgan fingerprint density at radius 2 is 1.11 bits per heavy atom. The lowest BCUT2D eigenvalue weighted by atomic mass is 10.3. The number of phenolic OH excluding ortho intramolecular Hbond substituents is 2. The Balaban J connectivity index is 0.000000356. The fourth-order valence-electron chi connectivity index (χ4n) is 0.788. The molecular formula is C12H16O7. The molecule has 0 amide bonds. The Hall–Kier alpha value is -2.54. The van der Waals surface area contributed by atoms with Crippen LogP contribution in [0.5, 0.6) is 11.5 Å². The van der Waals surface area contributed by atoms with Gasteiger partial charge in [-0.3, -0.25) is 0 Å². The number of hydrogen-bond acceptors (Lipinski definition) is 7. The normalized spacial score (nSPS) is 8.84. The summed E-state index contributed by atoms with van der Waals surface area (Å²) in [5.74, 6) is -1.30. The maximum atomic E-state index is 8.65. The summed E-state index contributed by atoms with van der Waals surface area (Å²) in [6, 6.07) is 5.70. The van der Waals surface area contributed by atoms with Crippen LogP contribution >= 0.6 is 0 Å². The zero-order valence-corrected chi connectivity index (χ0v) is 9.97. The molecule has 1 rings (SSSR count). The van der Waals surface area contributed by atoms with Gasteiger partial charge in [0, 0.05) is 12.2 Å². The van der Waals surface area contributed by atoms with Gasteiger partial charge in [-0.05, 0) is 24.3 Å². The minimum Gasteiger partial charge on any atom is -0.508 e. The van der Waals surface area contributed by atoms with E-state index in [1.54, 1.807) is 0 Å². The molecule has 19 heavy (non-hydrogen) atoms. The van der Waals surface area contributed by atoms with Gasteiger partial charge in [-0.1, -0.05) is 0 Å². The topological polar surface area (TPSA) is 131 Å². The highest BCUT2D eigenvalue weighted by Crippen LogP contribution is 2.13. The number of hydrogen-bond donors (Lipinski definition) is 6. The third-order valence-corrected chi connectivity index (χ3v) is 1.62. The molecule has 0 aliphatic carbocycles. The predicted molar refractivity (Wildman–Crippen MR) is 67.3 cm³/mol. The van der Waals surface area contributed by atoms with E-state index in [-0.39, 0.29) is 24.7 Å². The first-order valence-corrected chi connectivity index (χ1v) is 5.13. The van der Waals surface area contributed by atoms with Crippen molar-refractivity contribution in [2.45, 2.75) is 0 Å². The highest BCUT2D eigenvalue weighted by Gasteiger charge is 1.86. The van der Waals surface area contributed by atoms with Gasteiger partial charge in [0.2, 0.25) is 0 Å². The number of aliphatic hydroxyl groups is 4. The standard InChI is InChI=1S/C6H10O5.C6H6O2/c7-5(8)1-3-11-4-2-6(9)10;7-5-1-2-6(8)4-3-5/h1-2,7-10H,3-4H2;1-4,7-8H. The first-order chi connectivity index (χ1) is 8.91. The fraction of sp³-hybridized carbons (Fsp3) is 0.167. The van der Waals surface area contributed by atoms with E-state index in [2.05, 4.69) is 4.74 Å². The van der Waals surface area contributed by atoms with Crippen molar-refractivity contribution in [3.63, 3.8) is 0 Å². The number of aromatic hydroxyl groups is 2. The van der Waals surface area contributed by atoms with Crippen molar-refractivity contribution in [2.24, 2.45) is 0 Å². The van der Waals surface area contributed by atoms with E-state index in [1.807, 2.05) is 0 Å². The van der Waals surface area contributed by atoms with Gasteiger partial charge < -0.3 is 35.4 Å². The number of rotatable bonds is 4. The second kappa shape index (κ2) is 9.49. The molecule has 0 fully saturated rings. The summed E-state index contributed by atoms with van der Waals surface area (Å²) in [5, 5.41) is 50.0. The third kappa shape index (κ3) is 11.7. The highest BCUT2D eigenvalue weighted by atomic mass is 16.5. The van der Waals surface area contributed by atoms with Crippen LogP contribution in [0, 0.1) is 0 Å². The second-order valence-corrected chi connectivity index (χ2v) is 3.18. The first-order valence-electron chi connectivity index (χ1n) is 5.13. The number of benzene rings is 1. The van der Waals surface area contributed by atoms with Crippen LogP contribution in [-0.4, -0.2) is 43.9 Å². The van der Waals surface area contributed by atoms with Crippen LogP contribution in [0.3, 0.4) is 0 Å². The molecule has 6 N–H and O–H groups in total. The van der Waals surface area contributed by atoms with E-state index in [0.29, 0.717) is 0 Å². The number of ether oxygens (including phenoxy) is 1. The fourth-order valence-corrected chi connectivity index (χ4v) is 0.788. The van der Waals surface area contributed by atoms with E-state index in [0.717, 1.165) is 12.2 Å². The molecule has 0 aromatic heterocycles. The smallest absolute Gasteiger partial charge is 0.272 e. The lowest BCUT2D eigenvalue weighted by molar-refractivity contribution is 0.150. The average Bonchev–Trinajstić information content (AvgIpc) is 2.32. The monoisotopic (exact) mass is 272 g/mol. The molecular weight excluding hydrogens is 256 g/mol. The lowest BCUT2D eigenvalue weighted by Crippen LogP contribution is -1.93. The van der Waals surface area contributed by atoms with Crippen molar-refractivity contribution in [3.8, 4) is 11.5 Å². The van der Waals surface area contributed by atoms with E-state index < -0.39 is 11.9 Å². The van der Waals surface area contributed by atoms with Gasteiger partial charge in [-0.15, -0.1) is 0 Å². The minimum atomic E-state index is -0.817. The van der Waals surface area contributed by atoms with Crippen LogP contribution in [0.15, 0.2) is 48.3 Å². The van der Waals surface area contributed by atoms with Crippen molar-refractivity contribution in [3.05, 3.63) is 48.3 Å². The van der Waals surface area contributed by atoms with Gasteiger partial charge >= 0.3 is 0 Å². The first kappa shape index (κ1) is 16.5. The van der Waals surface area contributed by atoms with Gasteiger partial charge in [0.1, 0.15) is 11.5 Å². The summed E-state index contributed by atoms with van der Waals surface area (Å²) < 4.78 is 4.66. The van der Waals surface area contributed by atoms with Crippen molar-refractivity contribution < 1.29 is 35.4 Å². The molecule has 0 aliphatic heterocycles. The van der Waals surface area contributed by atoms with Crippen LogP contribution in [0.1, 0.15) is 0 Å².